The molecule has 2 atom stereocenters. The number of likely N-dealkylation sites (tertiary alicyclic amines) is 1. The van der Waals surface area contributed by atoms with Gasteiger partial charge in [0.25, 0.3) is 0 Å². The van der Waals surface area contributed by atoms with Gasteiger partial charge in [-0.05, 0) is 31.7 Å². The Morgan fingerprint density at radius 3 is 2.77 bits per heavy atom. The summed E-state index contributed by atoms with van der Waals surface area (Å²) in [6.45, 7) is 3.14. The lowest BCUT2D eigenvalue weighted by atomic mass is 10.1. The van der Waals surface area contributed by atoms with Crippen molar-refractivity contribution in [3.8, 4) is 0 Å². The highest BCUT2D eigenvalue weighted by atomic mass is 16.2. The van der Waals surface area contributed by atoms with E-state index in [1.54, 1.807) is 4.90 Å². The molecule has 0 aliphatic carbocycles. The van der Waals surface area contributed by atoms with Gasteiger partial charge in [-0.3, -0.25) is 9.59 Å². The Morgan fingerprint density at radius 1 is 1.36 bits per heavy atom. The Bertz CT molecular complexity index is 502. The normalized spacial score (nSPS) is 19.0. The van der Waals surface area contributed by atoms with Gasteiger partial charge in [0.05, 0.1) is 6.42 Å². The number of amides is 2. The number of nitrogens with zero attached hydrogens (tertiary/aromatic N) is 1. The molecule has 1 fully saturated rings. The Labute approximate surface area is 131 Å². The van der Waals surface area contributed by atoms with Crippen molar-refractivity contribution in [2.45, 2.75) is 44.7 Å². The molecule has 120 valence electrons. The van der Waals surface area contributed by atoms with E-state index < -0.39 is 0 Å². The summed E-state index contributed by atoms with van der Waals surface area (Å²) in [6.07, 6.45) is 2.72. The van der Waals surface area contributed by atoms with Crippen molar-refractivity contribution in [3.05, 3.63) is 35.9 Å². The summed E-state index contributed by atoms with van der Waals surface area (Å²) < 4.78 is 0. The smallest absolute Gasteiger partial charge is 0.242 e. The number of nitrogens with two attached hydrogens (primary N) is 1. The van der Waals surface area contributed by atoms with Gasteiger partial charge in [-0.25, -0.2) is 0 Å². The van der Waals surface area contributed by atoms with Crippen LogP contribution in [0.15, 0.2) is 30.3 Å². The number of rotatable bonds is 6. The van der Waals surface area contributed by atoms with Crippen LogP contribution in [0.25, 0.3) is 0 Å². The summed E-state index contributed by atoms with van der Waals surface area (Å²) in [4.78, 5) is 26.4. The van der Waals surface area contributed by atoms with Gasteiger partial charge < -0.3 is 16.0 Å². The predicted octanol–water partition coefficient (Wildman–Crippen LogP) is 1.07. The number of carbonyl (C=O) groups excluding carboxylic acids is 2. The quantitative estimate of drug-likeness (QED) is 0.825. The molecule has 1 aliphatic heterocycles. The monoisotopic (exact) mass is 303 g/mol. The first-order valence-electron chi connectivity index (χ1n) is 7.94. The summed E-state index contributed by atoms with van der Waals surface area (Å²) in [7, 11) is 0. The van der Waals surface area contributed by atoms with Crippen LogP contribution < -0.4 is 11.1 Å². The van der Waals surface area contributed by atoms with Gasteiger partial charge in [-0.1, -0.05) is 30.3 Å². The number of hydrogen-bond donors (Lipinski definition) is 2. The molecule has 1 aromatic rings. The summed E-state index contributed by atoms with van der Waals surface area (Å²) in [5.41, 5.74) is 6.66. The van der Waals surface area contributed by atoms with E-state index in [9.17, 15) is 9.59 Å². The molecule has 3 N–H and O–H groups in total. The van der Waals surface area contributed by atoms with Crippen molar-refractivity contribution in [2.24, 2.45) is 5.73 Å². The third-order valence-corrected chi connectivity index (χ3v) is 3.97. The molecule has 5 heteroatoms. The molecule has 0 saturated carbocycles. The van der Waals surface area contributed by atoms with Gasteiger partial charge in [-0.15, -0.1) is 0 Å². The van der Waals surface area contributed by atoms with Gasteiger partial charge in [0.15, 0.2) is 0 Å². The molecule has 2 unspecified atom stereocenters. The minimum atomic E-state index is -0.329. The SMILES string of the molecule is CC(N)CCNC(=O)C1CCCN1C(=O)Cc1ccccc1. The minimum Gasteiger partial charge on any atom is -0.354 e. The molecule has 1 saturated heterocycles. The highest BCUT2D eigenvalue weighted by molar-refractivity contribution is 5.89. The van der Waals surface area contributed by atoms with Gasteiger partial charge >= 0.3 is 0 Å². The molecular formula is C17H25N3O2. The summed E-state index contributed by atoms with van der Waals surface area (Å²) in [5.74, 6) is -0.0318. The molecule has 1 aliphatic rings. The van der Waals surface area contributed by atoms with E-state index in [0.29, 0.717) is 19.5 Å². The first-order chi connectivity index (χ1) is 10.6. The minimum absolute atomic E-state index is 0.0241. The fourth-order valence-corrected chi connectivity index (χ4v) is 2.75. The lowest BCUT2D eigenvalue weighted by Gasteiger charge is -2.24. The Kier molecular flexibility index (Phi) is 5.95. The van der Waals surface area contributed by atoms with Crippen LogP contribution in [0.1, 0.15) is 31.7 Å². The average molecular weight is 303 g/mol. The zero-order valence-corrected chi connectivity index (χ0v) is 13.1. The van der Waals surface area contributed by atoms with E-state index >= 15 is 0 Å². The molecule has 5 nitrogen and oxygen atoms in total. The molecular weight excluding hydrogens is 278 g/mol. The molecule has 0 spiro atoms. The van der Waals surface area contributed by atoms with Crippen LogP contribution in [-0.2, 0) is 16.0 Å². The third kappa shape index (κ3) is 4.56. The van der Waals surface area contributed by atoms with E-state index in [0.717, 1.165) is 24.8 Å². The first kappa shape index (κ1) is 16.5. The second-order valence-corrected chi connectivity index (χ2v) is 5.96. The van der Waals surface area contributed by atoms with Crippen molar-refractivity contribution < 1.29 is 9.59 Å². The van der Waals surface area contributed by atoms with Gasteiger partial charge in [0.2, 0.25) is 11.8 Å². The van der Waals surface area contributed by atoms with E-state index in [2.05, 4.69) is 5.32 Å². The zero-order chi connectivity index (χ0) is 15.9. The second kappa shape index (κ2) is 7.94. The highest BCUT2D eigenvalue weighted by Gasteiger charge is 2.33. The fraction of sp³-hybridized carbons (Fsp3) is 0.529. The van der Waals surface area contributed by atoms with Crippen molar-refractivity contribution >= 4 is 11.8 Å². The third-order valence-electron chi connectivity index (χ3n) is 3.97. The van der Waals surface area contributed by atoms with Crippen molar-refractivity contribution in [3.63, 3.8) is 0 Å². The first-order valence-corrected chi connectivity index (χ1v) is 7.94. The van der Waals surface area contributed by atoms with Crippen LogP contribution in [-0.4, -0.2) is 41.9 Å². The number of nitrogens with one attached hydrogen (secondary N) is 1. The molecule has 22 heavy (non-hydrogen) atoms. The molecule has 1 aromatic carbocycles. The number of benzene rings is 1. The van der Waals surface area contributed by atoms with Crippen molar-refractivity contribution in [2.75, 3.05) is 13.1 Å². The number of carbonyl (C=O) groups is 2. The Balaban J connectivity index is 1.89. The van der Waals surface area contributed by atoms with Crippen LogP contribution in [0.5, 0.6) is 0 Å². The highest BCUT2D eigenvalue weighted by Crippen LogP contribution is 2.19. The average Bonchev–Trinajstić information content (AvgIpc) is 2.97. The lowest BCUT2D eigenvalue weighted by Crippen LogP contribution is -2.47. The fourth-order valence-electron chi connectivity index (χ4n) is 2.75. The Hall–Kier alpha value is -1.88. The molecule has 0 aromatic heterocycles. The predicted molar refractivity (Wildman–Crippen MR) is 86.2 cm³/mol. The maximum Gasteiger partial charge on any atom is 0.242 e. The molecule has 0 radical (unpaired) electrons. The topological polar surface area (TPSA) is 75.4 Å². The molecule has 2 amide bonds. The van der Waals surface area contributed by atoms with Crippen molar-refractivity contribution in [1.29, 1.82) is 0 Å². The van der Waals surface area contributed by atoms with Crippen LogP contribution >= 0.6 is 0 Å². The molecule has 2 rings (SSSR count). The summed E-state index contributed by atoms with van der Waals surface area (Å²) in [5, 5.41) is 2.89. The van der Waals surface area contributed by atoms with Crippen LogP contribution in [0.3, 0.4) is 0 Å². The largest absolute Gasteiger partial charge is 0.354 e. The second-order valence-electron chi connectivity index (χ2n) is 5.96. The van der Waals surface area contributed by atoms with E-state index in [4.69, 9.17) is 5.73 Å². The maximum absolute atomic E-state index is 12.4. The number of hydrogen-bond acceptors (Lipinski definition) is 3. The summed E-state index contributed by atoms with van der Waals surface area (Å²) in [6, 6.07) is 9.38. The van der Waals surface area contributed by atoms with Gasteiger partial charge in [0, 0.05) is 19.1 Å². The zero-order valence-electron chi connectivity index (χ0n) is 13.1. The summed E-state index contributed by atoms with van der Waals surface area (Å²) >= 11 is 0. The Morgan fingerprint density at radius 2 is 2.09 bits per heavy atom. The van der Waals surface area contributed by atoms with Crippen LogP contribution in [0.2, 0.25) is 0 Å². The van der Waals surface area contributed by atoms with Gasteiger partial charge in [0.1, 0.15) is 6.04 Å². The van der Waals surface area contributed by atoms with Crippen molar-refractivity contribution in [1.82, 2.24) is 10.2 Å². The van der Waals surface area contributed by atoms with Crippen LogP contribution in [0, 0.1) is 0 Å². The van der Waals surface area contributed by atoms with E-state index in [-0.39, 0.29) is 23.9 Å². The standard InChI is InChI=1S/C17H25N3O2/c1-13(18)9-10-19-17(22)15-8-5-11-20(15)16(21)12-14-6-3-2-4-7-14/h2-4,6-7,13,15H,5,8-12,18H2,1H3,(H,19,22). The molecule has 0 bridgehead atoms. The maximum atomic E-state index is 12.4. The van der Waals surface area contributed by atoms with E-state index in [1.807, 2.05) is 37.3 Å². The van der Waals surface area contributed by atoms with Gasteiger partial charge in [-0.2, -0.15) is 0 Å². The molecule has 1 heterocycles. The van der Waals surface area contributed by atoms with E-state index in [1.165, 1.54) is 0 Å². The van der Waals surface area contributed by atoms with Crippen LogP contribution in [0.4, 0.5) is 0 Å². The lowest BCUT2D eigenvalue weighted by molar-refractivity contribution is -0.137.